The van der Waals surface area contributed by atoms with Crippen molar-refractivity contribution in [2.75, 3.05) is 6.61 Å². The number of hydrogen-bond donors (Lipinski definition) is 0. The molecule has 0 amide bonds. The fraction of sp³-hybridized carbons (Fsp3) is 0.357. The molecule has 1 aliphatic heterocycles. The van der Waals surface area contributed by atoms with Crippen molar-refractivity contribution in [1.82, 2.24) is 0 Å². The first-order valence-corrected chi connectivity index (χ1v) is 12.0. The lowest BCUT2D eigenvalue weighted by atomic mass is 9.70. The van der Waals surface area contributed by atoms with E-state index < -0.39 is 76.0 Å². The number of fused-ring (bicyclic) bond motifs is 3. The number of halogens is 7. The number of aryl methyl sites for hydroxylation is 1. The van der Waals surface area contributed by atoms with Crippen molar-refractivity contribution in [1.29, 1.82) is 0 Å². The number of ether oxygens (including phenoxy) is 3. The van der Waals surface area contributed by atoms with E-state index in [0.717, 1.165) is 24.3 Å². The highest BCUT2D eigenvalue weighted by molar-refractivity contribution is 5.78. The van der Waals surface area contributed by atoms with Crippen molar-refractivity contribution in [2.45, 2.75) is 50.2 Å². The molecule has 0 bridgehead atoms. The van der Waals surface area contributed by atoms with E-state index >= 15 is 22.0 Å². The summed E-state index contributed by atoms with van der Waals surface area (Å²) in [6.45, 7) is 5.05. The van der Waals surface area contributed by atoms with Crippen molar-refractivity contribution < 1.29 is 44.9 Å². The second-order valence-electron chi connectivity index (χ2n) is 9.23. The van der Waals surface area contributed by atoms with Gasteiger partial charge in [-0.25, -0.2) is 13.2 Å². The molecule has 3 aliphatic rings. The van der Waals surface area contributed by atoms with Gasteiger partial charge >= 0.3 is 11.8 Å². The summed E-state index contributed by atoms with van der Waals surface area (Å²) in [6.07, 6.45) is 0.0209. The van der Waals surface area contributed by atoms with Gasteiger partial charge in [0.05, 0.1) is 18.1 Å². The minimum Gasteiger partial charge on any atom is -0.495 e. The van der Waals surface area contributed by atoms with E-state index in [-0.39, 0.29) is 12.4 Å². The van der Waals surface area contributed by atoms with Gasteiger partial charge in [-0.15, -0.1) is 6.58 Å². The Morgan fingerprint density at radius 3 is 2.53 bits per heavy atom. The van der Waals surface area contributed by atoms with Gasteiger partial charge in [0.25, 0.3) is 0 Å². The third kappa shape index (κ3) is 4.09. The van der Waals surface area contributed by atoms with Crippen LogP contribution in [0.5, 0.6) is 5.75 Å². The monoisotopic (exact) mass is 540 g/mol. The molecule has 2 aromatic rings. The molecule has 5 rings (SSSR count). The molecule has 0 spiro atoms. The molecule has 2 aromatic carbocycles. The smallest absolute Gasteiger partial charge is 0.339 e. The summed E-state index contributed by atoms with van der Waals surface area (Å²) in [5.74, 6) is -15.6. The maximum atomic E-state index is 15.5. The molecule has 1 fully saturated rings. The molecule has 10 heteroatoms. The van der Waals surface area contributed by atoms with Gasteiger partial charge in [0.15, 0.2) is 23.8 Å². The highest BCUT2D eigenvalue weighted by atomic mass is 19.3. The largest absolute Gasteiger partial charge is 0.495 e. The Labute approximate surface area is 214 Å². The predicted molar refractivity (Wildman–Crippen MR) is 124 cm³/mol. The number of rotatable bonds is 8. The molecule has 3 nitrogen and oxygen atoms in total. The van der Waals surface area contributed by atoms with E-state index in [0.29, 0.717) is 18.4 Å². The van der Waals surface area contributed by atoms with Gasteiger partial charge in [0.1, 0.15) is 11.6 Å². The summed E-state index contributed by atoms with van der Waals surface area (Å²) >= 11 is 0. The maximum absolute atomic E-state index is 15.5. The first kappa shape index (κ1) is 26.3. The lowest BCUT2D eigenvalue weighted by Crippen LogP contribution is -2.53. The Kier molecular flexibility index (Phi) is 6.57. The lowest BCUT2D eigenvalue weighted by Gasteiger charge is -2.43. The molecule has 38 heavy (non-hydrogen) atoms. The van der Waals surface area contributed by atoms with Crippen LogP contribution in [0.2, 0.25) is 0 Å². The van der Waals surface area contributed by atoms with Crippen molar-refractivity contribution in [3.63, 3.8) is 0 Å². The van der Waals surface area contributed by atoms with E-state index in [1.807, 2.05) is 0 Å². The quantitative estimate of drug-likeness (QED) is 0.197. The van der Waals surface area contributed by atoms with Crippen LogP contribution in [0, 0.1) is 17.6 Å². The normalized spacial score (nSPS) is 26.4. The van der Waals surface area contributed by atoms with E-state index in [9.17, 15) is 8.78 Å². The van der Waals surface area contributed by atoms with Gasteiger partial charge in [0, 0.05) is 5.56 Å². The fourth-order valence-electron chi connectivity index (χ4n) is 4.94. The summed E-state index contributed by atoms with van der Waals surface area (Å²) in [5.41, 5.74) is -2.29. The van der Waals surface area contributed by atoms with Gasteiger partial charge in [0.2, 0.25) is 6.29 Å². The van der Waals surface area contributed by atoms with Gasteiger partial charge in [-0.05, 0) is 54.7 Å². The summed E-state index contributed by atoms with van der Waals surface area (Å²) in [7, 11) is 0. The van der Waals surface area contributed by atoms with Crippen LogP contribution in [0.3, 0.4) is 0 Å². The maximum Gasteiger partial charge on any atom is 0.339 e. The van der Waals surface area contributed by atoms with Gasteiger partial charge in [-0.2, -0.15) is 17.6 Å². The molecule has 4 unspecified atom stereocenters. The van der Waals surface area contributed by atoms with E-state index in [4.69, 9.17) is 14.2 Å². The highest BCUT2D eigenvalue weighted by Gasteiger charge is 2.70. The molecule has 0 saturated carbocycles. The Bertz CT molecular complexity index is 1330. The van der Waals surface area contributed by atoms with Crippen LogP contribution >= 0.6 is 0 Å². The topological polar surface area (TPSA) is 31.0 Å². The summed E-state index contributed by atoms with van der Waals surface area (Å²) < 4.78 is 121. The third-order valence-electron chi connectivity index (χ3n) is 6.88. The fourth-order valence-corrected chi connectivity index (χ4v) is 4.94. The Balaban J connectivity index is 1.46. The lowest BCUT2D eigenvalue weighted by molar-refractivity contribution is -0.246. The molecular formula is C28H23F7O3. The number of allylic oxidation sites excluding steroid dienone is 5. The average molecular weight is 540 g/mol. The number of hydrogen-bond acceptors (Lipinski definition) is 3. The van der Waals surface area contributed by atoms with Crippen molar-refractivity contribution in [3.05, 3.63) is 94.8 Å². The molecule has 202 valence electrons. The molecule has 1 saturated heterocycles. The Morgan fingerprint density at radius 1 is 1.08 bits per heavy atom. The van der Waals surface area contributed by atoms with Crippen LogP contribution in [-0.4, -0.2) is 25.0 Å². The molecule has 0 aromatic heterocycles. The SMILES string of the molecule is C=CCCc1ccc(OC2OC2c2ccc3c(c2F)C(F)(F)C(F)(F)C2C3=CC=C(OCC)C2F)c(F)c1. The van der Waals surface area contributed by atoms with Crippen LogP contribution in [0.1, 0.15) is 41.7 Å². The number of benzene rings is 2. The van der Waals surface area contributed by atoms with Gasteiger partial charge in [-0.3, -0.25) is 0 Å². The Hall–Kier alpha value is -3.27. The minimum absolute atomic E-state index is 0.0489. The Morgan fingerprint density at radius 2 is 1.84 bits per heavy atom. The molecular weight excluding hydrogens is 517 g/mol. The molecule has 0 N–H and O–H groups in total. The van der Waals surface area contributed by atoms with Crippen LogP contribution < -0.4 is 4.74 Å². The van der Waals surface area contributed by atoms with Crippen LogP contribution in [0.4, 0.5) is 30.7 Å². The predicted octanol–water partition coefficient (Wildman–Crippen LogP) is 7.57. The average Bonchev–Trinajstić information content (AvgIpc) is 3.62. The van der Waals surface area contributed by atoms with E-state index in [2.05, 4.69) is 6.58 Å². The van der Waals surface area contributed by atoms with E-state index in [1.165, 1.54) is 19.1 Å². The van der Waals surface area contributed by atoms with Crippen molar-refractivity contribution in [3.8, 4) is 5.75 Å². The zero-order chi connectivity index (χ0) is 27.4. The highest BCUT2D eigenvalue weighted by Crippen LogP contribution is 2.61. The van der Waals surface area contributed by atoms with Crippen LogP contribution in [-0.2, 0) is 21.8 Å². The van der Waals surface area contributed by atoms with Crippen molar-refractivity contribution in [2.24, 2.45) is 5.92 Å². The molecule has 2 aliphatic carbocycles. The number of alkyl halides is 5. The van der Waals surface area contributed by atoms with E-state index in [1.54, 1.807) is 12.1 Å². The minimum atomic E-state index is -5.04. The van der Waals surface area contributed by atoms with Crippen LogP contribution in [0.25, 0.3) is 5.57 Å². The second-order valence-corrected chi connectivity index (χ2v) is 9.23. The first-order chi connectivity index (χ1) is 18.0. The molecule has 4 atom stereocenters. The first-order valence-electron chi connectivity index (χ1n) is 12.0. The zero-order valence-electron chi connectivity index (χ0n) is 20.1. The third-order valence-corrected chi connectivity index (χ3v) is 6.88. The van der Waals surface area contributed by atoms with Crippen LogP contribution in [0.15, 0.2) is 60.9 Å². The summed E-state index contributed by atoms with van der Waals surface area (Å²) in [5, 5.41) is 0. The second kappa shape index (κ2) is 9.48. The van der Waals surface area contributed by atoms with Gasteiger partial charge < -0.3 is 14.2 Å². The van der Waals surface area contributed by atoms with Crippen molar-refractivity contribution >= 4 is 5.57 Å². The number of epoxide rings is 1. The summed E-state index contributed by atoms with van der Waals surface area (Å²) in [6, 6.07) is 6.38. The van der Waals surface area contributed by atoms with Gasteiger partial charge in [-0.1, -0.05) is 30.4 Å². The zero-order valence-corrected chi connectivity index (χ0v) is 20.1. The standard InChI is InChI=1S/C28H23F7O3/c1-3-5-6-14-7-11-19(18(29)13-14)37-26-25(38-26)17-9-8-15-16-10-12-20(36-4-2)24(31)22(16)28(34,35)27(32,33)21(15)23(17)30/h3,7-13,22,24-26H,1,4-6H2,2H3. The summed E-state index contributed by atoms with van der Waals surface area (Å²) in [4.78, 5) is 0. The molecule has 0 radical (unpaired) electrons. The molecule has 1 heterocycles.